The third kappa shape index (κ3) is 7.59. The number of amides is 2. The highest BCUT2D eigenvalue weighted by molar-refractivity contribution is 5.88. The van der Waals surface area contributed by atoms with E-state index < -0.39 is 6.04 Å². The van der Waals surface area contributed by atoms with Crippen LogP contribution in [0.1, 0.15) is 32.8 Å². The van der Waals surface area contributed by atoms with Gasteiger partial charge in [0.25, 0.3) is 5.91 Å². The molecule has 1 atom stereocenters. The van der Waals surface area contributed by atoms with Crippen molar-refractivity contribution in [3.05, 3.63) is 59.9 Å². The molecule has 1 N–H and O–H groups in total. The van der Waals surface area contributed by atoms with E-state index in [1.54, 1.807) is 43.5 Å². The summed E-state index contributed by atoms with van der Waals surface area (Å²) in [6.45, 7) is 6.35. The van der Waals surface area contributed by atoms with E-state index in [-0.39, 0.29) is 30.8 Å². The van der Waals surface area contributed by atoms with Crippen molar-refractivity contribution in [3.8, 4) is 11.5 Å². The second kappa shape index (κ2) is 11.9. The summed E-state index contributed by atoms with van der Waals surface area (Å²) in [5.74, 6) is 0.604. The summed E-state index contributed by atoms with van der Waals surface area (Å²) >= 11 is 0. The van der Waals surface area contributed by atoms with Crippen LogP contribution in [0.15, 0.2) is 48.5 Å². The van der Waals surface area contributed by atoms with Gasteiger partial charge in [0, 0.05) is 13.1 Å². The summed E-state index contributed by atoms with van der Waals surface area (Å²) in [5.41, 5.74) is 0.731. The predicted octanol–water partition coefficient (Wildman–Crippen LogP) is 3.79. The zero-order chi connectivity index (χ0) is 22.8. The van der Waals surface area contributed by atoms with E-state index in [4.69, 9.17) is 9.47 Å². The molecule has 0 aliphatic rings. The van der Waals surface area contributed by atoms with E-state index in [2.05, 4.69) is 5.32 Å². The molecule has 6 nitrogen and oxygen atoms in total. The van der Waals surface area contributed by atoms with E-state index in [9.17, 15) is 14.0 Å². The summed E-state index contributed by atoms with van der Waals surface area (Å²) in [4.78, 5) is 27.4. The van der Waals surface area contributed by atoms with Crippen LogP contribution in [0.25, 0.3) is 0 Å². The van der Waals surface area contributed by atoms with E-state index in [1.807, 2.05) is 20.8 Å². The van der Waals surface area contributed by atoms with Crippen LogP contribution in [0.5, 0.6) is 11.5 Å². The van der Waals surface area contributed by atoms with Gasteiger partial charge in [0.05, 0.1) is 7.11 Å². The first-order chi connectivity index (χ1) is 14.8. The third-order valence-electron chi connectivity index (χ3n) is 4.76. The average molecular weight is 431 g/mol. The van der Waals surface area contributed by atoms with Crippen LogP contribution in [-0.2, 0) is 16.1 Å². The minimum atomic E-state index is -0.657. The topological polar surface area (TPSA) is 67.9 Å². The SMILES string of the molecule is CCC(C(=O)NCC(C)C)N(Cc1ccc(F)cc1)C(=O)COc1ccc(OC)cc1. The number of nitrogens with zero attached hydrogens (tertiary/aromatic N) is 1. The van der Waals surface area contributed by atoms with Gasteiger partial charge in [-0.05, 0) is 54.3 Å². The van der Waals surface area contributed by atoms with Crippen molar-refractivity contribution in [2.75, 3.05) is 20.3 Å². The molecule has 0 bridgehead atoms. The Bertz CT molecular complexity index is 838. The monoisotopic (exact) mass is 430 g/mol. The Kier molecular flexibility index (Phi) is 9.31. The van der Waals surface area contributed by atoms with Gasteiger partial charge < -0.3 is 19.7 Å². The van der Waals surface area contributed by atoms with Crippen molar-refractivity contribution in [1.82, 2.24) is 10.2 Å². The maximum absolute atomic E-state index is 13.3. The van der Waals surface area contributed by atoms with E-state index in [1.165, 1.54) is 17.0 Å². The van der Waals surface area contributed by atoms with Crippen LogP contribution in [0.3, 0.4) is 0 Å². The molecule has 1 unspecified atom stereocenters. The van der Waals surface area contributed by atoms with Gasteiger partial charge in [-0.3, -0.25) is 9.59 Å². The second-order valence-electron chi connectivity index (χ2n) is 7.68. The molecule has 0 fully saturated rings. The van der Waals surface area contributed by atoms with Crippen LogP contribution in [0.2, 0.25) is 0 Å². The lowest BCUT2D eigenvalue weighted by Gasteiger charge is -2.30. The number of ether oxygens (including phenoxy) is 2. The number of halogens is 1. The smallest absolute Gasteiger partial charge is 0.261 e. The van der Waals surface area contributed by atoms with Crippen molar-refractivity contribution in [2.24, 2.45) is 5.92 Å². The van der Waals surface area contributed by atoms with Crippen molar-refractivity contribution in [1.29, 1.82) is 0 Å². The molecule has 0 heterocycles. The zero-order valence-electron chi connectivity index (χ0n) is 18.6. The molecule has 0 aliphatic heterocycles. The maximum Gasteiger partial charge on any atom is 0.261 e. The fourth-order valence-corrected chi connectivity index (χ4v) is 3.03. The lowest BCUT2D eigenvalue weighted by atomic mass is 10.1. The molecule has 2 aromatic rings. The van der Waals surface area contributed by atoms with E-state index in [0.29, 0.717) is 30.4 Å². The quantitative estimate of drug-likeness (QED) is 0.589. The van der Waals surface area contributed by atoms with Crippen molar-refractivity contribution in [3.63, 3.8) is 0 Å². The van der Waals surface area contributed by atoms with Crippen LogP contribution < -0.4 is 14.8 Å². The number of methoxy groups -OCH3 is 1. The highest BCUT2D eigenvalue weighted by Gasteiger charge is 2.29. The number of benzene rings is 2. The van der Waals surface area contributed by atoms with Crippen LogP contribution in [-0.4, -0.2) is 43.0 Å². The molecule has 2 amide bonds. The van der Waals surface area contributed by atoms with Gasteiger partial charge in [-0.15, -0.1) is 0 Å². The maximum atomic E-state index is 13.3. The molecule has 2 aromatic carbocycles. The van der Waals surface area contributed by atoms with Crippen molar-refractivity contribution < 1.29 is 23.5 Å². The van der Waals surface area contributed by atoms with Gasteiger partial charge in [0.15, 0.2) is 6.61 Å². The number of nitrogens with one attached hydrogen (secondary N) is 1. The number of carbonyl (C=O) groups is 2. The van der Waals surface area contributed by atoms with Crippen molar-refractivity contribution >= 4 is 11.8 Å². The number of hydrogen-bond donors (Lipinski definition) is 1. The Hall–Kier alpha value is -3.09. The fourth-order valence-electron chi connectivity index (χ4n) is 3.03. The first-order valence-corrected chi connectivity index (χ1v) is 10.4. The number of hydrogen-bond acceptors (Lipinski definition) is 4. The van der Waals surface area contributed by atoms with Crippen molar-refractivity contribution in [2.45, 2.75) is 39.8 Å². The largest absolute Gasteiger partial charge is 0.497 e. The van der Waals surface area contributed by atoms with Gasteiger partial charge in [-0.2, -0.15) is 0 Å². The molecule has 168 valence electrons. The third-order valence-corrected chi connectivity index (χ3v) is 4.76. The normalized spacial score (nSPS) is 11.7. The molecular formula is C24H31FN2O4. The number of rotatable bonds is 11. The van der Waals surface area contributed by atoms with Gasteiger partial charge in [0.1, 0.15) is 23.4 Å². The molecule has 2 rings (SSSR count). The summed E-state index contributed by atoms with van der Waals surface area (Å²) in [6, 6.07) is 12.1. The number of carbonyl (C=O) groups excluding carboxylic acids is 2. The Labute approximate surface area is 183 Å². The molecule has 0 saturated carbocycles. The molecule has 0 aromatic heterocycles. The van der Waals surface area contributed by atoms with Gasteiger partial charge >= 0.3 is 0 Å². The second-order valence-corrected chi connectivity index (χ2v) is 7.68. The minimum absolute atomic E-state index is 0.179. The summed E-state index contributed by atoms with van der Waals surface area (Å²) in [5, 5.41) is 2.90. The van der Waals surface area contributed by atoms with Gasteiger partial charge in [-0.25, -0.2) is 4.39 Å². The summed E-state index contributed by atoms with van der Waals surface area (Å²) in [6.07, 6.45) is 0.444. The van der Waals surface area contributed by atoms with Crippen LogP contribution in [0.4, 0.5) is 4.39 Å². The van der Waals surface area contributed by atoms with Crippen LogP contribution in [0, 0.1) is 11.7 Å². The first kappa shape index (κ1) is 24.2. The zero-order valence-corrected chi connectivity index (χ0v) is 18.6. The van der Waals surface area contributed by atoms with Gasteiger partial charge in [-0.1, -0.05) is 32.9 Å². The standard InChI is InChI=1S/C24H31FN2O4/c1-5-22(24(29)26-14-17(2)3)27(15-18-6-8-19(25)9-7-18)23(28)16-31-21-12-10-20(30-4)11-13-21/h6-13,17,22H,5,14-16H2,1-4H3,(H,26,29). The average Bonchev–Trinajstić information content (AvgIpc) is 2.77. The molecule has 0 saturated heterocycles. The molecule has 7 heteroatoms. The Morgan fingerprint density at radius 1 is 1.03 bits per heavy atom. The Morgan fingerprint density at radius 2 is 1.65 bits per heavy atom. The summed E-state index contributed by atoms with van der Waals surface area (Å²) < 4.78 is 24.1. The van der Waals surface area contributed by atoms with E-state index >= 15 is 0 Å². The fraction of sp³-hybridized carbons (Fsp3) is 0.417. The molecule has 0 radical (unpaired) electrons. The summed E-state index contributed by atoms with van der Waals surface area (Å²) in [7, 11) is 1.57. The highest BCUT2D eigenvalue weighted by atomic mass is 19.1. The van der Waals surface area contributed by atoms with E-state index in [0.717, 1.165) is 5.56 Å². The predicted molar refractivity (Wildman–Crippen MR) is 117 cm³/mol. The minimum Gasteiger partial charge on any atom is -0.497 e. The molecule has 0 spiro atoms. The van der Waals surface area contributed by atoms with Gasteiger partial charge in [0.2, 0.25) is 5.91 Å². The molecule has 0 aliphatic carbocycles. The Morgan fingerprint density at radius 3 is 2.19 bits per heavy atom. The first-order valence-electron chi connectivity index (χ1n) is 10.4. The lowest BCUT2D eigenvalue weighted by Crippen LogP contribution is -2.50. The Balaban J connectivity index is 2.16. The van der Waals surface area contributed by atoms with Crippen LogP contribution >= 0.6 is 0 Å². The highest BCUT2D eigenvalue weighted by Crippen LogP contribution is 2.18. The molecule has 31 heavy (non-hydrogen) atoms. The lowest BCUT2D eigenvalue weighted by molar-refractivity contribution is -0.143. The molecular weight excluding hydrogens is 399 g/mol.